The molecule has 0 atom stereocenters. The first kappa shape index (κ1) is 18.7. The van der Waals surface area contributed by atoms with Gasteiger partial charge in [0, 0.05) is 41.8 Å². The number of hydrogen-bond donors (Lipinski definition) is 1. The maximum absolute atomic E-state index is 11.6. The molecule has 5 aromatic rings. The zero-order valence-corrected chi connectivity index (χ0v) is 17.2. The van der Waals surface area contributed by atoms with E-state index in [0.29, 0.717) is 16.8 Å². The fraction of sp³-hybridized carbons (Fsp3) is 0.0455. The monoisotopic (exact) mass is 425 g/mol. The number of carbonyl (C=O) groups excluding carboxylic acids is 1. The summed E-state index contributed by atoms with van der Waals surface area (Å²) in [6.07, 6.45) is 8.38. The number of nitriles is 1. The van der Waals surface area contributed by atoms with Gasteiger partial charge in [0.2, 0.25) is 5.91 Å². The Morgan fingerprint density at radius 3 is 2.84 bits per heavy atom. The molecule has 0 unspecified atom stereocenters. The van der Waals surface area contributed by atoms with E-state index in [1.807, 2.05) is 37.6 Å². The maximum atomic E-state index is 11.6. The largest absolute Gasteiger partial charge is 0.322 e. The zero-order valence-electron chi connectivity index (χ0n) is 16.4. The predicted octanol–water partition coefficient (Wildman–Crippen LogP) is 4.01. The number of nitrogens with one attached hydrogen (secondary N) is 1. The van der Waals surface area contributed by atoms with Crippen LogP contribution < -0.4 is 5.32 Å². The molecule has 0 saturated carbocycles. The van der Waals surface area contributed by atoms with E-state index in [1.54, 1.807) is 27.7 Å². The molecule has 0 fully saturated rings. The smallest absolute Gasteiger partial charge is 0.247 e. The van der Waals surface area contributed by atoms with Gasteiger partial charge in [0.05, 0.1) is 33.7 Å². The molecule has 4 heterocycles. The zero-order chi connectivity index (χ0) is 21.5. The van der Waals surface area contributed by atoms with Crippen molar-refractivity contribution in [1.82, 2.24) is 24.4 Å². The van der Waals surface area contributed by atoms with E-state index in [2.05, 4.69) is 28.2 Å². The molecule has 0 aliphatic rings. The average Bonchev–Trinajstić information content (AvgIpc) is 3.50. The Labute approximate surface area is 180 Å². The molecule has 0 bridgehead atoms. The second kappa shape index (κ2) is 7.19. The minimum atomic E-state index is -0.270. The molecule has 8 nitrogen and oxygen atoms in total. The van der Waals surface area contributed by atoms with Crippen molar-refractivity contribution in [2.24, 2.45) is 7.05 Å². The van der Waals surface area contributed by atoms with Gasteiger partial charge in [-0.25, -0.2) is 9.50 Å². The number of thiazole rings is 1. The van der Waals surface area contributed by atoms with E-state index >= 15 is 0 Å². The Bertz CT molecular complexity index is 1530. The Morgan fingerprint density at radius 2 is 2.10 bits per heavy atom. The van der Waals surface area contributed by atoms with Crippen LogP contribution >= 0.6 is 11.3 Å². The molecule has 0 spiro atoms. The highest BCUT2D eigenvalue weighted by atomic mass is 32.1. The normalized spacial score (nSPS) is 11.0. The van der Waals surface area contributed by atoms with Gasteiger partial charge in [0.25, 0.3) is 0 Å². The second-order valence-electron chi connectivity index (χ2n) is 6.90. The van der Waals surface area contributed by atoms with Gasteiger partial charge in [-0.2, -0.15) is 15.5 Å². The second-order valence-corrected chi connectivity index (χ2v) is 7.93. The molecule has 1 N–H and O–H groups in total. The first-order valence-corrected chi connectivity index (χ1v) is 10.1. The molecule has 1 amide bonds. The number of aryl methyl sites for hydroxylation is 1. The highest BCUT2D eigenvalue weighted by molar-refractivity contribution is 7.21. The van der Waals surface area contributed by atoms with Crippen molar-refractivity contribution in [3.8, 4) is 27.8 Å². The van der Waals surface area contributed by atoms with Crippen LogP contribution in [0.15, 0.2) is 61.7 Å². The molecule has 4 aromatic heterocycles. The van der Waals surface area contributed by atoms with Gasteiger partial charge in [-0.1, -0.05) is 6.58 Å². The number of benzene rings is 1. The van der Waals surface area contributed by atoms with Crippen LogP contribution in [-0.4, -0.2) is 30.3 Å². The predicted molar refractivity (Wildman–Crippen MR) is 120 cm³/mol. The number of rotatable bonds is 4. The fourth-order valence-electron chi connectivity index (χ4n) is 3.41. The Morgan fingerprint density at radius 1 is 1.23 bits per heavy atom. The van der Waals surface area contributed by atoms with Crippen molar-refractivity contribution in [1.29, 1.82) is 5.26 Å². The Balaban J connectivity index is 1.70. The van der Waals surface area contributed by atoms with Crippen LogP contribution in [0.3, 0.4) is 0 Å². The first-order chi connectivity index (χ1) is 15.1. The number of aromatic nitrogens is 5. The summed E-state index contributed by atoms with van der Waals surface area (Å²) in [6, 6.07) is 9.76. The summed E-state index contributed by atoms with van der Waals surface area (Å²) in [4.78, 5) is 16.4. The van der Waals surface area contributed by atoms with Gasteiger partial charge in [-0.15, -0.1) is 11.3 Å². The molecular weight excluding hydrogens is 410 g/mol. The third kappa shape index (κ3) is 3.25. The highest BCUT2D eigenvalue weighted by Gasteiger charge is 2.17. The van der Waals surface area contributed by atoms with Crippen LogP contribution in [0.25, 0.3) is 37.4 Å². The van der Waals surface area contributed by atoms with Crippen molar-refractivity contribution >= 4 is 38.7 Å². The molecule has 9 heteroatoms. The van der Waals surface area contributed by atoms with Crippen molar-refractivity contribution in [3.63, 3.8) is 0 Å². The van der Waals surface area contributed by atoms with Gasteiger partial charge < -0.3 is 5.32 Å². The van der Waals surface area contributed by atoms with E-state index in [-0.39, 0.29) is 5.91 Å². The number of fused-ring (bicyclic) bond motifs is 2. The highest BCUT2D eigenvalue weighted by Crippen LogP contribution is 2.37. The lowest BCUT2D eigenvalue weighted by atomic mass is 10.1. The lowest BCUT2D eigenvalue weighted by Gasteiger charge is -2.05. The quantitative estimate of drug-likeness (QED) is 0.439. The average molecular weight is 425 g/mol. The molecule has 0 radical (unpaired) electrons. The molecule has 0 saturated heterocycles. The van der Waals surface area contributed by atoms with Gasteiger partial charge in [-0.3, -0.25) is 9.48 Å². The standard InChI is InChI=1S/C22H15N7OS/c1-3-20(30)26-16-4-5-18-19(7-16)31-22(27-18)17-6-13(15-10-24-28(2)11-15)12-29-21(17)14(8-23)9-25-29/h3-7,9-12H,1H2,2H3,(H,26,30). The minimum absolute atomic E-state index is 0.270. The summed E-state index contributed by atoms with van der Waals surface area (Å²) in [6.45, 7) is 3.48. The summed E-state index contributed by atoms with van der Waals surface area (Å²) in [5.74, 6) is -0.270. The third-order valence-corrected chi connectivity index (χ3v) is 5.89. The molecule has 0 aliphatic carbocycles. The van der Waals surface area contributed by atoms with Crippen molar-refractivity contribution in [2.75, 3.05) is 5.32 Å². The van der Waals surface area contributed by atoms with E-state index in [1.165, 1.54) is 17.4 Å². The van der Waals surface area contributed by atoms with E-state index in [4.69, 9.17) is 4.98 Å². The Kier molecular flexibility index (Phi) is 4.34. The van der Waals surface area contributed by atoms with Crippen LogP contribution in [0, 0.1) is 11.3 Å². The van der Waals surface area contributed by atoms with Crippen LogP contribution in [0.4, 0.5) is 5.69 Å². The summed E-state index contributed by atoms with van der Waals surface area (Å²) in [5.41, 5.74) is 5.33. The van der Waals surface area contributed by atoms with Crippen molar-refractivity contribution in [3.05, 3.63) is 67.3 Å². The van der Waals surface area contributed by atoms with Gasteiger partial charge in [0.15, 0.2) is 0 Å². The summed E-state index contributed by atoms with van der Waals surface area (Å²) >= 11 is 1.49. The van der Waals surface area contributed by atoms with Crippen LogP contribution in [-0.2, 0) is 11.8 Å². The minimum Gasteiger partial charge on any atom is -0.322 e. The van der Waals surface area contributed by atoms with Gasteiger partial charge >= 0.3 is 0 Å². The molecule has 31 heavy (non-hydrogen) atoms. The maximum Gasteiger partial charge on any atom is 0.247 e. The topological polar surface area (TPSA) is 101 Å². The van der Waals surface area contributed by atoms with Gasteiger partial charge in [0.1, 0.15) is 11.1 Å². The third-order valence-electron chi connectivity index (χ3n) is 4.84. The van der Waals surface area contributed by atoms with Crippen LogP contribution in [0.2, 0.25) is 0 Å². The van der Waals surface area contributed by atoms with E-state index in [0.717, 1.165) is 31.9 Å². The number of anilines is 1. The van der Waals surface area contributed by atoms with Crippen molar-refractivity contribution in [2.45, 2.75) is 0 Å². The number of nitrogens with zero attached hydrogens (tertiary/aromatic N) is 6. The van der Waals surface area contributed by atoms with Gasteiger partial charge in [-0.05, 0) is 30.3 Å². The molecule has 0 aliphatic heterocycles. The SMILES string of the molecule is C=CC(=O)Nc1ccc2nc(-c3cc(-c4cnn(C)c4)cn4ncc(C#N)c34)sc2c1. The number of amides is 1. The van der Waals surface area contributed by atoms with E-state index in [9.17, 15) is 10.1 Å². The summed E-state index contributed by atoms with van der Waals surface area (Å²) in [7, 11) is 1.86. The van der Waals surface area contributed by atoms with Crippen LogP contribution in [0.1, 0.15) is 5.56 Å². The molecule has 5 rings (SSSR count). The van der Waals surface area contributed by atoms with Crippen LogP contribution in [0.5, 0.6) is 0 Å². The molecule has 150 valence electrons. The summed E-state index contributed by atoms with van der Waals surface area (Å²) in [5, 5.41) is 21.7. The summed E-state index contributed by atoms with van der Waals surface area (Å²) < 4.78 is 4.36. The Hall–Kier alpha value is -4.29. The first-order valence-electron chi connectivity index (χ1n) is 9.30. The lowest BCUT2D eigenvalue weighted by molar-refractivity contribution is -0.111. The number of hydrogen-bond acceptors (Lipinski definition) is 6. The fourth-order valence-corrected chi connectivity index (χ4v) is 4.43. The van der Waals surface area contributed by atoms with E-state index < -0.39 is 0 Å². The lowest BCUT2D eigenvalue weighted by Crippen LogP contribution is -2.06. The van der Waals surface area contributed by atoms with Crippen molar-refractivity contribution < 1.29 is 4.79 Å². The number of carbonyl (C=O) groups is 1. The number of pyridine rings is 1. The molecular formula is C22H15N7OS. The molecule has 1 aromatic carbocycles.